The molecule has 5 aromatic heterocycles. The number of halogens is 1. The van der Waals surface area contributed by atoms with Crippen LogP contribution in [0.5, 0.6) is 17.2 Å². The molecule has 8 aromatic rings. The number of nitrogens with zero attached hydrogens (tertiary/aromatic N) is 13. The highest BCUT2D eigenvalue weighted by Crippen LogP contribution is 2.38. The number of nitrogens with two attached hydrogens (primary N) is 2. The molecule has 0 unspecified atom stereocenters. The third-order valence-electron chi connectivity index (χ3n) is 8.79. The lowest BCUT2D eigenvalue weighted by molar-refractivity contribution is 0.0958. The second kappa shape index (κ2) is 23.0. The van der Waals surface area contributed by atoms with E-state index in [-0.39, 0.29) is 17.2 Å². The van der Waals surface area contributed by atoms with E-state index in [0.29, 0.717) is 51.5 Å². The number of carbonyl (C=O) groups is 1. The quantitative estimate of drug-likeness (QED) is 0.0723. The number of amides is 1. The molecule has 0 aliphatic rings. The standard InChI is InChI=1S/C20H22N10O2.C10H12N4O.C7H8BrNO.C3H6BN3O2/c1-21-20(31)18-15(8-17(26-27-18)24-12-9-22-29(2)11-12)25-14-7-5-6-13(19(14)32-4)16-10-23-30(3)28-16;1-14-12-6-9(13-14)7-4-3-5-8(11)10(7)15-2;1-10-7-5(8)3-2-4-6(7)9;1-7-5-2-3(6-7)4(8)9/h5-11H,1-4H3,(H,21,31)(H2,24,25,26);3-6H,11H2,1-2H3;2-4H,9H2,1H3;2,8-9H,1H3. The van der Waals surface area contributed by atoms with Gasteiger partial charge in [0.15, 0.2) is 28.8 Å². The fourth-order valence-electron chi connectivity index (χ4n) is 5.81. The Hall–Kier alpha value is -8.10. The molecule has 3 aromatic carbocycles. The van der Waals surface area contributed by atoms with Crippen LogP contribution in [0.4, 0.5) is 34.3 Å². The lowest BCUT2D eigenvalue weighted by Crippen LogP contribution is -2.31. The van der Waals surface area contributed by atoms with Gasteiger partial charge in [-0.3, -0.25) is 9.48 Å². The Bertz CT molecular complexity index is 2830. The first kappa shape index (κ1) is 48.9. The van der Waals surface area contributed by atoms with E-state index in [1.54, 1.807) is 90.1 Å². The molecule has 0 saturated heterocycles. The number of benzene rings is 3. The number of ether oxygens (including phenoxy) is 3. The summed E-state index contributed by atoms with van der Waals surface area (Å²) in [5, 5.41) is 62.2. The Labute approximate surface area is 387 Å². The molecule has 0 spiro atoms. The minimum absolute atomic E-state index is 0.135. The average Bonchev–Trinajstić information content (AvgIpc) is 4.13. The number of hydrogen-bond donors (Lipinski definition) is 7. The zero-order valence-electron chi connectivity index (χ0n) is 37.1. The molecular formula is C40H48BBrN18O6. The molecule has 8 rings (SSSR count). The zero-order chi connectivity index (χ0) is 47.9. The van der Waals surface area contributed by atoms with Crippen molar-refractivity contribution in [3.05, 3.63) is 102 Å². The first-order chi connectivity index (χ1) is 31.6. The van der Waals surface area contributed by atoms with Crippen molar-refractivity contribution in [2.24, 2.45) is 28.2 Å². The van der Waals surface area contributed by atoms with E-state index in [0.717, 1.165) is 27.0 Å². The maximum atomic E-state index is 12.4. The van der Waals surface area contributed by atoms with Gasteiger partial charge in [-0.25, -0.2) is 0 Å². The molecule has 66 heavy (non-hydrogen) atoms. The maximum Gasteiger partial charge on any atom is 0.511 e. The summed E-state index contributed by atoms with van der Waals surface area (Å²) in [5.41, 5.74) is 17.7. The molecule has 0 bridgehead atoms. The SMILES string of the molecule is CNC(=O)c1nnc(Nc2cnn(C)c2)cc1Nc1cccc(-c2cnn(C)n2)c1OC.COc1c(N)cccc1-c1cnn(C)n1.COc1c(N)cccc1Br.Cn1ncc(B(O)O)n1. The molecule has 26 heteroatoms. The lowest BCUT2D eigenvalue weighted by Gasteiger charge is -2.16. The third kappa shape index (κ3) is 12.8. The van der Waals surface area contributed by atoms with Gasteiger partial charge in [-0.05, 0) is 52.3 Å². The summed E-state index contributed by atoms with van der Waals surface area (Å²) < 4.78 is 18.5. The fourth-order valence-corrected chi connectivity index (χ4v) is 6.36. The number of rotatable bonds is 11. The maximum absolute atomic E-state index is 12.4. The van der Waals surface area contributed by atoms with E-state index in [1.165, 1.54) is 27.6 Å². The van der Waals surface area contributed by atoms with Crippen LogP contribution >= 0.6 is 15.9 Å². The molecule has 9 N–H and O–H groups in total. The molecule has 0 saturated carbocycles. The summed E-state index contributed by atoms with van der Waals surface area (Å²) >= 11 is 3.30. The number of para-hydroxylation sites is 3. The van der Waals surface area contributed by atoms with Crippen molar-refractivity contribution >= 4 is 68.8 Å². The van der Waals surface area contributed by atoms with Crippen molar-refractivity contribution < 1.29 is 29.1 Å². The summed E-state index contributed by atoms with van der Waals surface area (Å²) in [6.07, 6.45) is 8.09. The first-order valence-electron chi connectivity index (χ1n) is 19.4. The minimum Gasteiger partial charge on any atom is -0.494 e. The summed E-state index contributed by atoms with van der Waals surface area (Å²) in [6, 6.07) is 18.4. The number of hydrogen-bond acceptors (Lipinski definition) is 19. The van der Waals surface area contributed by atoms with Crippen molar-refractivity contribution in [2.75, 3.05) is 50.5 Å². The molecule has 0 fully saturated rings. The van der Waals surface area contributed by atoms with E-state index >= 15 is 0 Å². The van der Waals surface area contributed by atoms with E-state index in [1.807, 2.05) is 49.5 Å². The van der Waals surface area contributed by atoms with Gasteiger partial charge in [-0.15, -0.1) is 10.2 Å². The van der Waals surface area contributed by atoms with Gasteiger partial charge >= 0.3 is 7.12 Å². The number of aryl methyl sites for hydroxylation is 4. The zero-order valence-corrected chi connectivity index (χ0v) is 38.7. The second-order valence-corrected chi connectivity index (χ2v) is 14.3. The normalized spacial score (nSPS) is 10.2. The Morgan fingerprint density at radius 2 is 1.24 bits per heavy atom. The van der Waals surface area contributed by atoms with Crippen molar-refractivity contribution in [1.29, 1.82) is 0 Å². The van der Waals surface area contributed by atoms with Gasteiger partial charge in [0.2, 0.25) is 0 Å². The van der Waals surface area contributed by atoms with Gasteiger partial charge in [0, 0.05) is 58.6 Å². The van der Waals surface area contributed by atoms with Gasteiger partial charge in [-0.1, -0.05) is 18.2 Å². The van der Waals surface area contributed by atoms with E-state index in [9.17, 15) is 4.79 Å². The number of methoxy groups -OCH3 is 3. The molecular weight excluding hydrogens is 919 g/mol. The molecule has 0 atom stereocenters. The predicted molar refractivity (Wildman–Crippen MR) is 252 cm³/mol. The van der Waals surface area contributed by atoms with Crippen molar-refractivity contribution in [3.8, 4) is 39.8 Å². The van der Waals surface area contributed by atoms with Crippen LogP contribution in [0.25, 0.3) is 22.5 Å². The van der Waals surface area contributed by atoms with Crippen LogP contribution in [-0.4, -0.2) is 116 Å². The molecule has 1 amide bonds. The van der Waals surface area contributed by atoms with Gasteiger partial charge in [-0.2, -0.15) is 50.1 Å². The summed E-state index contributed by atoms with van der Waals surface area (Å²) in [4.78, 5) is 16.6. The van der Waals surface area contributed by atoms with Crippen molar-refractivity contribution in [2.45, 2.75) is 0 Å². The van der Waals surface area contributed by atoms with Crippen LogP contribution in [-0.2, 0) is 28.2 Å². The van der Waals surface area contributed by atoms with Crippen LogP contribution < -0.4 is 47.2 Å². The molecule has 0 aliphatic heterocycles. The molecule has 24 nitrogen and oxygen atoms in total. The van der Waals surface area contributed by atoms with E-state index in [4.69, 9.17) is 35.7 Å². The molecule has 0 radical (unpaired) electrons. The topological polar surface area (TPSA) is 309 Å². The van der Waals surface area contributed by atoms with Gasteiger partial charge in [0.05, 0.1) is 79.0 Å². The van der Waals surface area contributed by atoms with Crippen molar-refractivity contribution in [1.82, 2.24) is 70.3 Å². The molecule has 5 heterocycles. The van der Waals surface area contributed by atoms with Crippen LogP contribution in [0, 0.1) is 0 Å². The van der Waals surface area contributed by atoms with Crippen LogP contribution in [0.2, 0.25) is 0 Å². The van der Waals surface area contributed by atoms with Crippen LogP contribution in [0.1, 0.15) is 10.5 Å². The van der Waals surface area contributed by atoms with Gasteiger partial charge < -0.3 is 51.7 Å². The van der Waals surface area contributed by atoms with Crippen molar-refractivity contribution in [3.63, 3.8) is 0 Å². The Kier molecular flexibility index (Phi) is 17.1. The van der Waals surface area contributed by atoms with E-state index in [2.05, 4.69) is 77.8 Å². The number of nitrogen functional groups attached to an aromatic ring is 2. The van der Waals surface area contributed by atoms with Gasteiger partial charge in [0.25, 0.3) is 5.91 Å². The monoisotopic (exact) mass is 966 g/mol. The lowest BCUT2D eigenvalue weighted by atomic mass is 9.87. The van der Waals surface area contributed by atoms with Gasteiger partial charge in [0.1, 0.15) is 17.0 Å². The predicted octanol–water partition coefficient (Wildman–Crippen LogP) is 2.47. The fraction of sp³-hybridized carbons (Fsp3) is 0.200. The number of carbonyl (C=O) groups excluding carboxylic acids is 1. The second-order valence-electron chi connectivity index (χ2n) is 13.5. The Balaban J connectivity index is 0.000000196. The molecule has 0 aliphatic carbocycles. The highest BCUT2D eigenvalue weighted by atomic mass is 79.9. The Morgan fingerprint density at radius 3 is 1.71 bits per heavy atom. The van der Waals surface area contributed by atoms with Crippen LogP contribution in [0.15, 0.2) is 96.1 Å². The largest absolute Gasteiger partial charge is 0.511 e. The smallest absolute Gasteiger partial charge is 0.494 e. The summed E-state index contributed by atoms with van der Waals surface area (Å²) in [5.74, 6) is 1.95. The van der Waals surface area contributed by atoms with Crippen LogP contribution in [0.3, 0.4) is 0 Å². The Morgan fingerprint density at radius 1 is 0.682 bits per heavy atom. The third-order valence-corrected chi connectivity index (χ3v) is 9.41. The van der Waals surface area contributed by atoms with E-state index < -0.39 is 7.12 Å². The summed E-state index contributed by atoms with van der Waals surface area (Å²) in [6.45, 7) is 0. The summed E-state index contributed by atoms with van der Waals surface area (Å²) in [7, 11) is 11.7. The number of nitrogens with one attached hydrogen (secondary N) is 3. The highest BCUT2D eigenvalue weighted by molar-refractivity contribution is 9.10. The first-order valence-corrected chi connectivity index (χ1v) is 20.2. The number of anilines is 6. The number of aromatic nitrogens is 13. The average molecular weight is 968 g/mol. The highest BCUT2D eigenvalue weighted by Gasteiger charge is 2.19. The minimum atomic E-state index is -1.52. The molecule has 344 valence electrons.